The summed E-state index contributed by atoms with van der Waals surface area (Å²) in [7, 11) is -9.53. The van der Waals surface area contributed by atoms with Crippen LogP contribution >= 0.6 is 23.2 Å². The number of rotatable bonds is 7. The Morgan fingerprint density at radius 1 is 0.844 bits per heavy atom. The minimum absolute atomic E-state index is 0.134. The summed E-state index contributed by atoms with van der Waals surface area (Å²) in [6.07, 6.45) is 1.22. The van der Waals surface area contributed by atoms with Crippen LogP contribution in [0, 0.1) is 10.1 Å². The molecule has 0 atom stereocenters. The van der Waals surface area contributed by atoms with Crippen LogP contribution in [0.25, 0.3) is 6.08 Å². The first-order chi connectivity index (χ1) is 15.0. The fourth-order valence-corrected chi connectivity index (χ4v) is 6.67. The molecule has 12 heteroatoms. The summed E-state index contributed by atoms with van der Waals surface area (Å²) < 4.78 is 53.4. The van der Waals surface area contributed by atoms with Crippen molar-refractivity contribution in [1.82, 2.24) is 0 Å². The van der Waals surface area contributed by atoms with Crippen LogP contribution in [-0.2, 0) is 20.0 Å². The summed E-state index contributed by atoms with van der Waals surface area (Å²) in [6, 6.07) is 16.5. The maximum Gasteiger partial charge on any atom is 0.289 e. The standard InChI is InChI=1S/C20H14Cl2N2O6S2/c21-17-8-4-5-9-19(17)24(31(27,28)13-12-15-6-2-1-3-7-15)32(29,30)16-10-11-18(22)20(14-16)23(25)26/h1-14H. The van der Waals surface area contributed by atoms with Gasteiger partial charge in [-0.3, -0.25) is 10.1 Å². The highest BCUT2D eigenvalue weighted by Crippen LogP contribution is 2.35. The highest BCUT2D eigenvalue weighted by molar-refractivity contribution is 8.11. The molecule has 0 amide bonds. The van der Waals surface area contributed by atoms with E-state index in [1.54, 1.807) is 30.3 Å². The van der Waals surface area contributed by atoms with Gasteiger partial charge in [0.1, 0.15) is 5.02 Å². The largest absolute Gasteiger partial charge is 0.289 e. The third-order valence-corrected chi connectivity index (χ3v) is 8.62. The molecule has 3 aromatic carbocycles. The lowest BCUT2D eigenvalue weighted by molar-refractivity contribution is -0.384. The Bertz CT molecular complexity index is 1410. The van der Waals surface area contributed by atoms with Gasteiger partial charge in [0, 0.05) is 6.07 Å². The smallest absolute Gasteiger partial charge is 0.258 e. The Balaban J connectivity index is 2.22. The first kappa shape index (κ1) is 23.7. The Morgan fingerprint density at radius 2 is 1.47 bits per heavy atom. The van der Waals surface area contributed by atoms with Crippen LogP contribution in [-0.4, -0.2) is 21.8 Å². The molecule has 166 valence electrons. The Labute approximate surface area is 194 Å². The molecule has 0 heterocycles. The maximum atomic E-state index is 13.4. The molecular weight excluding hydrogens is 499 g/mol. The van der Waals surface area contributed by atoms with Crippen LogP contribution < -0.4 is 3.71 Å². The Hall–Kier alpha value is -2.92. The zero-order chi connectivity index (χ0) is 23.5. The quantitative estimate of drug-likeness (QED) is 0.321. The highest BCUT2D eigenvalue weighted by Gasteiger charge is 2.36. The second-order valence-electron chi connectivity index (χ2n) is 6.28. The van der Waals surface area contributed by atoms with Crippen molar-refractivity contribution in [2.24, 2.45) is 0 Å². The van der Waals surface area contributed by atoms with E-state index in [4.69, 9.17) is 23.2 Å². The summed E-state index contributed by atoms with van der Waals surface area (Å²) in [6.45, 7) is 0. The molecule has 0 bridgehead atoms. The maximum absolute atomic E-state index is 13.4. The number of hydrogen-bond donors (Lipinski definition) is 0. The molecule has 0 aliphatic rings. The number of benzene rings is 3. The van der Waals surface area contributed by atoms with E-state index in [1.807, 2.05) is 0 Å². The third kappa shape index (κ3) is 4.94. The number of halogens is 2. The minimum atomic E-state index is -4.86. The lowest BCUT2D eigenvalue weighted by Crippen LogP contribution is -2.36. The molecule has 3 rings (SSSR count). The molecular formula is C20H14Cl2N2O6S2. The molecule has 0 saturated carbocycles. The summed E-state index contributed by atoms with van der Waals surface area (Å²) >= 11 is 11.9. The third-order valence-electron chi connectivity index (χ3n) is 4.14. The van der Waals surface area contributed by atoms with Gasteiger partial charge < -0.3 is 0 Å². The molecule has 0 aliphatic carbocycles. The minimum Gasteiger partial charge on any atom is -0.258 e. The van der Waals surface area contributed by atoms with Crippen LogP contribution in [0.3, 0.4) is 0 Å². The van der Waals surface area contributed by atoms with E-state index in [0.29, 0.717) is 17.0 Å². The van der Waals surface area contributed by atoms with Gasteiger partial charge in [0.15, 0.2) is 0 Å². The molecule has 0 saturated heterocycles. The molecule has 0 aliphatic heterocycles. The van der Waals surface area contributed by atoms with Crippen LogP contribution in [0.2, 0.25) is 10.0 Å². The van der Waals surface area contributed by atoms with Gasteiger partial charge in [-0.25, -0.2) is 16.8 Å². The predicted octanol–water partition coefficient (Wildman–Crippen LogP) is 5.10. The Morgan fingerprint density at radius 3 is 2.09 bits per heavy atom. The second-order valence-corrected chi connectivity index (χ2v) is 10.8. The number of nitrogens with zero attached hydrogens (tertiary/aromatic N) is 2. The van der Waals surface area contributed by atoms with Gasteiger partial charge in [0.25, 0.3) is 25.7 Å². The van der Waals surface area contributed by atoms with Crippen LogP contribution in [0.1, 0.15) is 5.56 Å². The van der Waals surface area contributed by atoms with E-state index in [1.165, 1.54) is 30.3 Å². The molecule has 0 spiro atoms. The van der Waals surface area contributed by atoms with Crippen LogP contribution in [0.4, 0.5) is 11.4 Å². The SMILES string of the molecule is O=[N+]([O-])c1cc(S(=O)(=O)N(c2ccccc2Cl)S(=O)(=O)C=Cc2ccccc2)ccc1Cl. The molecule has 0 radical (unpaired) electrons. The van der Waals surface area contributed by atoms with Crippen molar-refractivity contribution in [3.63, 3.8) is 0 Å². The van der Waals surface area contributed by atoms with Gasteiger partial charge in [0.05, 0.1) is 25.9 Å². The van der Waals surface area contributed by atoms with Crippen molar-refractivity contribution >= 4 is 60.7 Å². The fraction of sp³-hybridized carbons (Fsp3) is 0. The number of anilines is 1. The number of nitro groups is 1. The average molecular weight is 513 g/mol. The number of para-hydroxylation sites is 1. The second kappa shape index (κ2) is 9.29. The molecule has 3 aromatic rings. The summed E-state index contributed by atoms with van der Waals surface area (Å²) in [5.74, 6) is 0. The number of nitro benzene ring substituents is 1. The van der Waals surface area contributed by atoms with Gasteiger partial charge in [0.2, 0.25) is 0 Å². The normalized spacial score (nSPS) is 12.1. The van der Waals surface area contributed by atoms with Gasteiger partial charge in [-0.05, 0) is 35.9 Å². The topological polar surface area (TPSA) is 115 Å². The molecule has 8 nitrogen and oxygen atoms in total. The van der Waals surface area contributed by atoms with Crippen molar-refractivity contribution in [3.05, 3.63) is 104 Å². The summed E-state index contributed by atoms with van der Waals surface area (Å²) in [5.41, 5.74) is -0.525. The van der Waals surface area contributed by atoms with Crippen molar-refractivity contribution in [2.45, 2.75) is 4.90 Å². The van der Waals surface area contributed by atoms with Gasteiger partial charge in [-0.2, -0.15) is 3.71 Å². The monoisotopic (exact) mass is 512 g/mol. The zero-order valence-corrected chi connectivity index (χ0v) is 19.1. The van der Waals surface area contributed by atoms with E-state index >= 15 is 0 Å². The van der Waals surface area contributed by atoms with Gasteiger partial charge >= 0.3 is 0 Å². The first-order valence-corrected chi connectivity index (χ1v) is 12.5. The van der Waals surface area contributed by atoms with Gasteiger partial charge in [-0.1, -0.05) is 65.7 Å². The average Bonchev–Trinajstić information content (AvgIpc) is 2.74. The van der Waals surface area contributed by atoms with Gasteiger partial charge in [-0.15, -0.1) is 0 Å². The predicted molar refractivity (Wildman–Crippen MR) is 124 cm³/mol. The molecule has 0 fully saturated rings. The lowest BCUT2D eigenvalue weighted by Gasteiger charge is -2.23. The van der Waals surface area contributed by atoms with Crippen LogP contribution in [0.15, 0.2) is 83.1 Å². The molecule has 0 aromatic heterocycles. The van der Waals surface area contributed by atoms with Crippen LogP contribution in [0.5, 0.6) is 0 Å². The number of sulfonamides is 2. The molecule has 0 N–H and O–H groups in total. The summed E-state index contributed by atoms with van der Waals surface area (Å²) in [4.78, 5) is 9.70. The first-order valence-electron chi connectivity index (χ1n) is 8.76. The van der Waals surface area contributed by atoms with E-state index < -0.39 is 35.6 Å². The summed E-state index contributed by atoms with van der Waals surface area (Å²) in [5, 5.41) is 11.5. The highest BCUT2D eigenvalue weighted by atomic mass is 35.5. The number of hydrogen-bond acceptors (Lipinski definition) is 6. The molecule has 32 heavy (non-hydrogen) atoms. The van der Waals surface area contributed by atoms with Crippen molar-refractivity contribution in [2.75, 3.05) is 3.71 Å². The van der Waals surface area contributed by atoms with E-state index in [0.717, 1.165) is 12.1 Å². The van der Waals surface area contributed by atoms with Crippen molar-refractivity contribution < 1.29 is 21.8 Å². The van der Waals surface area contributed by atoms with E-state index in [2.05, 4.69) is 0 Å². The Kier molecular flexibility index (Phi) is 6.89. The van der Waals surface area contributed by atoms with E-state index in [9.17, 15) is 26.9 Å². The molecule has 0 unspecified atom stereocenters. The lowest BCUT2D eigenvalue weighted by atomic mass is 10.2. The van der Waals surface area contributed by atoms with Crippen molar-refractivity contribution in [1.29, 1.82) is 0 Å². The zero-order valence-electron chi connectivity index (χ0n) is 16.0. The van der Waals surface area contributed by atoms with E-state index in [-0.39, 0.29) is 19.4 Å². The van der Waals surface area contributed by atoms with Crippen molar-refractivity contribution in [3.8, 4) is 0 Å². The fourth-order valence-electron chi connectivity index (χ4n) is 2.68.